The Balaban J connectivity index is 1.96. The maximum Gasteiger partial charge on any atom is 0.318 e. The summed E-state index contributed by atoms with van der Waals surface area (Å²) in [6, 6.07) is 10.0. The molecule has 0 aliphatic carbocycles. The molecule has 0 fully saturated rings. The number of urea groups is 1. The van der Waals surface area contributed by atoms with Crippen molar-refractivity contribution in [2.24, 2.45) is 0 Å². The highest BCUT2D eigenvalue weighted by atomic mass is 16.2. The molecule has 144 valence electrons. The van der Waals surface area contributed by atoms with Gasteiger partial charge >= 0.3 is 6.03 Å². The van der Waals surface area contributed by atoms with E-state index < -0.39 is 0 Å². The van der Waals surface area contributed by atoms with Crippen molar-refractivity contribution in [2.45, 2.75) is 46.2 Å². The number of anilines is 1. The third-order valence-corrected chi connectivity index (χ3v) is 4.68. The number of fused-ring (bicyclic) bond motifs is 1. The van der Waals surface area contributed by atoms with Crippen LogP contribution in [0.15, 0.2) is 30.3 Å². The number of nitrogens with one attached hydrogen (secondary N) is 1. The highest BCUT2D eigenvalue weighted by Crippen LogP contribution is 2.29. The van der Waals surface area contributed by atoms with E-state index in [1.54, 1.807) is 0 Å². The van der Waals surface area contributed by atoms with E-state index in [0.717, 1.165) is 41.4 Å². The molecular formula is C21H29N5O. The molecule has 1 aromatic heterocycles. The highest BCUT2D eigenvalue weighted by Gasteiger charge is 2.28. The monoisotopic (exact) mass is 367 g/mol. The molecule has 1 aliphatic rings. The zero-order chi connectivity index (χ0) is 19.6. The second-order valence-electron chi connectivity index (χ2n) is 8.03. The first-order valence-electron chi connectivity index (χ1n) is 9.52. The zero-order valence-corrected chi connectivity index (χ0v) is 16.9. The van der Waals surface area contributed by atoms with Gasteiger partial charge in [-0.05, 0) is 27.7 Å². The van der Waals surface area contributed by atoms with Gasteiger partial charge in [-0.1, -0.05) is 30.3 Å². The lowest BCUT2D eigenvalue weighted by Crippen LogP contribution is -2.50. The molecule has 1 N–H and O–H groups in total. The van der Waals surface area contributed by atoms with Gasteiger partial charge in [0.1, 0.15) is 5.82 Å². The van der Waals surface area contributed by atoms with Crippen LogP contribution in [0.25, 0.3) is 11.4 Å². The van der Waals surface area contributed by atoms with Crippen LogP contribution in [0.2, 0.25) is 0 Å². The number of rotatable bonds is 3. The maximum atomic E-state index is 12.6. The van der Waals surface area contributed by atoms with Crippen molar-refractivity contribution in [1.82, 2.24) is 20.2 Å². The molecule has 1 aliphatic heterocycles. The van der Waals surface area contributed by atoms with Crippen LogP contribution in [-0.2, 0) is 13.0 Å². The van der Waals surface area contributed by atoms with E-state index in [1.807, 2.05) is 63.1 Å². The summed E-state index contributed by atoms with van der Waals surface area (Å²) in [5.41, 5.74) is 2.85. The number of aromatic nitrogens is 2. The maximum absolute atomic E-state index is 12.6. The number of benzene rings is 1. The summed E-state index contributed by atoms with van der Waals surface area (Å²) in [6.45, 7) is 10.1. The van der Waals surface area contributed by atoms with Gasteiger partial charge in [0.2, 0.25) is 0 Å². The average molecular weight is 367 g/mol. The molecule has 0 saturated heterocycles. The van der Waals surface area contributed by atoms with Gasteiger partial charge in [0, 0.05) is 43.2 Å². The fraction of sp³-hybridized carbons (Fsp3) is 0.476. The predicted molar refractivity (Wildman–Crippen MR) is 109 cm³/mol. The molecule has 0 saturated carbocycles. The number of hydrogen-bond donors (Lipinski definition) is 1. The van der Waals surface area contributed by atoms with Crippen LogP contribution in [0.5, 0.6) is 0 Å². The topological polar surface area (TPSA) is 61.4 Å². The number of hydrogen-bond acceptors (Lipinski definition) is 4. The van der Waals surface area contributed by atoms with E-state index in [0.29, 0.717) is 13.1 Å². The molecule has 27 heavy (non-hydrogen) atoms. The first-order chi connectivity index (χ1) is 12.8. The van der Waals surface area contributed by atoms with Crippen LogP contribution in [0.4, 0.5) is 10.6 Å². The molecule has 0 bridgehead atoms. The van der Waals surface area contributed by atoms with Crippen LogP contribution in [0, 0.1) is 0 Å². The van der Waals surface area contributed by atoms with Crippen LogP contribution < -0.4 is 10.2 Å². The Morgan fingerprint density at radius 2 is 1.93 bits per heavy atom. The fourth-order valence-electron chi connectivity index (χ4n) is 3.15. The van der Waals surface area contributed by atoms with E-state index in [9.17, 15) is 4.79 Å². The lowest BCUT2D eigenvalue weighted by molar-refractivity contribution is 0.183. The summed E-state index contributed by atoms with van der Waals surface area (Å²) in [5.74, 6) is 1.66. The molecule has 0 unspecified atom stereocenters. The van der Waals surface area contributed by atoms with E-state index in [4.69, 9.17) is 9.97 Å². The molecular weight excluding hydrogens is 338 g/mol. The molecule has 2 aromatic rings. The molecule has 6 heteroatoms. The average Bonchev–Trinajstić information content (AvgIpc) is 2.65. The number of nitrogens with zero attached hydrogens (tertiary/aromatic N) is 4. The summed E-state index contributed by atoms with van der Waals surface area (Å²) in [6.07, 6.45) is 0.736. The summed E-state index contributed by atoms with van der Waals surface area (Å²) in [5, 5.41) is 3.05. The Morgan fingerprint density at radius 1 is 1.22 bits per heavy atom. The summed E-state index contributed by atoms with van der Waals surface area (Å²) >= 11 is 0. The van der Waals surface area contributed by atoms with Crippen LogP contribution in [-0.4, -0.2) is 46.6 Å². The Hall–Kier alpha value is -2.63. The van der Waals surface area contributed by atoms with Gasteiger partial charge in [-0.2, -0.15) is 0 Å². The summed E-state index contributed by atoms with van der Waals surface area (Å²) in [4.78, 5) is 26.3. The minimum Gasteiger partial charge on any atom is -0.360 e. The molecule has 1 aromatic carbocycles. The van der Waals surface area contributed by atoms with Crippen molar-refractivity contribution in [3.8, 4) is 11.4 Å². The fourth-order valence-corrected chi connectivity index (χ4v) is 3.15. The van der Waals surface area contributed by atoms with Gasteiger partial charge in [-0.15, -0.1) is 0 Å². The van der Waals surface area contributed by atoms with Crippen molar-refractivity contribution >= 4 is 11.8 Å². The zero-order valence-electron chi connectivity index (χ0n) is 16.9. The minimum absolute atomic E-state index is 0.0367. The SMILES string of the molecule is CCN(C)c1nc(-c2ccccc2)nc2c1CN(C(=O)NC(C)(C)C)CC2. The molecule has 0 atom stereocenters. The van der Waals surface area contributed by atoms with E-state index in [-0.39, 0.29) is 11.6 Å². The molecule has 2 heterocycles. The summed E-state index contributed by atoms with van der Waals surface area (Å²) < 4.78 is 0. The lowest BCUT2D eigenvalue weighted by atomic mass is 10.0. The van der Waals surface area contributed by atoms with Crippen LogP contribution in [0.1, 0.15) is 39.0 Å². The Bertz CT molecular complexity index is 813. The molecule has 0 spiro atoms. The van der Waals surface area contributed by atoms with Gasteiger partial charge in [0.15, 0.2) is 5.82 Å². The van der Waals surface area contributed by atoms with E-state index in [1.165, 1.54) is 0 Å². The smallest absolute Gasteiger partial charge is 0.318 e. The van der Waals surface area contributed by atoms with Crippen molar-refractivity contribution in [3.05, 3.63) is 41.6 Å². The lowest BCUT2D eigenvalue weighted by Gasteiger charge is -2.33. The Kier molecular flexibility index (Phi) is 5.35. The first kappa shape index (κ1) is 19.1. The molecule has 0 radical (unpaired) electrons. The van der Waals surface area contributed by atoms with Crippen LogP contribution in [0.3, 0.4) is 0 Å². The Labute approximate surface area is 161 Å². The molecule has 2 amide bonds. The van der Waals surface area contributed by atoms with E-state index in [2.05, 4.69) is 17.1 Å². The first-order valence-corrected chi connectivity index (χ1v) is 9.52. The normalized spacial score (nSPS) is 13.9. The van der Waals surface area contributed by atoms with Crippen molar-refractivity contribution in [1.29, 1.82) is 0 Å². The van der Waals surface area contributed by atoms with Crippen molar-refractivity contribution < 1.29 is 4.79 Å². The van der Waals surface area contributed by atoms with Crippen molar-refractivity contribution in [2.75, 3.05) is 25.0 Å². The third kappa shape index (κ3) is 4.38. The standard InChI is InChI=1S/C21H29N5O/c1-6-25(5)19-16-14-26(20(27)24-21(2,3)4)13-12-17(16)22-18(23-19)15-10-8-7-9-11-15/h7-11H,6,12-14H2,1-5H3,(H,24,27). The minimum atomic E-state index is -0.256. The van der Waals surface area contributed by atoms with Gasteiger partial charge in [0.05, 0.1) is 12.2 Å². The van der Waals surface area contributed by atoms with Gasteiger partial charge < -0.3 is 15.1 Å². The second kappa shape index (κ2) is 7.55. The predicted octanol–water partition coefficient (Wildman–Crippen LogP) is 3.47. The number of carbonyl (C=O) groups is 1. The summed E-state index contributed by atoms with van der Waals surface area (Å²) in [7, 11) is 2.03. The van der Waals surface area contributed by atoms with Gasteiger partial charge in [-0.3, -0.25) is 0 Å². The number of carbonyl (C=O) groups excluding carboxylic acids is 1. The highest BCUT2D eigenvalue weighted by molar-refractivity contribution is 5.76. The quantitative estimate of drug-likeness (QED) is 0.902. The Morgan fingerprint density at radius 3 is 2.56 bits per heavy atom. The van der Waals surface area contributed by atoms with Gasteiger partial charge in [-0.25, -0.2) is 14.8 Å². The third-order valence-electron chi connectivity index (χ3n) is 4.68. The van der Waals surface area contributed by atoms with E-state index >= 15 is 0 Å². The van der Waals surface area contributed by atoms with Crippen LogP contribution >= 0.6 is 0 Å². The number of amides is 2. The second-order valence-corrected chi connectivity index (χ2v) is 8.03. The van der Waals surface area contributed by atoms with Crippen molar-refractivity contribution in [3.63, 3.8) is 0 Å². The van der Waals surface area contributed by atoms with Gasteiger partial charge in [0.25, 0.3) is 0 Å². The largest absolute Gasteiger partial charge is 0.360 e. The molecule has 3 rings (SSSR count). The molecule has 6 nitrogen and oxygen atoms in total.